The first kappa shape index (κ1) is 10.2. The van der Waals surface area contributed by atoms with E-state index in [-0.39, 0.29) is 0 Å². The van der Waals surface area contributed by atoms with Crippen LogP contribution in [0.25, 0.3) is 0 Å². The lowest BCUT2D eigenvalue weighted by Crippen LogP contribution is -1.97. The molecule has 1 aliphatic heterocycles. The van der Waals surface area contributed by atoms with Crippen LogP contribution in [0.3, 0.4) is 0 Å². The van der Waals surface area contributed by atoms with Crippen LogP contribution in [0.15, 0.2) is 0 Å². The molecule has 0 N–H and O–H groups in total. The molecular weight excluding hydrogens is 148 g/mol. The van der Waals surface area contributed by atoms with Crippen LogP contribution in [-0.2, 0) is 14.2 Å². The Hall–Kier alpha value is -0.770. The molecule has 1 saturated heterocycles. The first-order chi connectivity index (χ1) is 5.31. The van der Waals surface area contributed by atoms with Crippen molar-refractivity contribution in [3.05, 3.63) is 0 Å². The summed E-state index contributed by atoms with van der Waals surface area (Å²) in [6.07, 6.45) is 1.90. The molecule has 66 valence electrons. The Bertz CT molecular complexity index is 85.0. The number of carbonyl (C=O) groups excluding carboxylic acids is 1. The largest absolute Gasteiger partial charge is 0.507 e. The Kier molecular flexibility index (Phi) is 6.82. The highest BCUT2D eigenvalue weighted by Gasteiger charge is 1.94. The smallest absolute Gasteiger partial charge is 0.438 e. The van der Waals surface area contributed by atoms with Gasteiger partial charge in [-0.15, -0.1) is 0 Å². The summed E-state index contributed by atoms with van der Waals surface area (Å²) in [6.45, 7) is 2.00. The van der Waals surface area contributed by atoms with Gasteiger partial charge >= 0.3 is 6.16 Å². The number of ether oxygens (including phenoxy) is 3. The van der Waals surface area contributed by atoms with E-state index in [2.05, 4.69) is 9.47 Å². The average molecular weight is 162 g/mol. The summed E-state index contributed by atoms with van der Waals surface area (Å²) in [5, 5.41) is 0. The van der Waals surface area contributed by atoms with Gasteiger partial charge in [-0.05, 0) is 12.8 Å². The second-order valence-electron chi connectivity index (χ2n) is 1.98. The van der Waals surface area contributed by atoms with Gasteiger partial charge in [0.25, 0.3) is 0 Å². The molecule has 0 unspecified atom stereocenters. The van der Waals surface area contributed by atoms with Crippen molar-refractivity contribution in [2.24, 2.45) is 0 Å². The van der Waals surface area contributed by atoms with E-state index in [1.807, 2.05) is 0 Å². The maximum absolute atomic E-state index is 9.74. The van der Waals surface area contributed by atoms with Crippen LogP contribution in [0.5, 0.6) is 0 Å². The van der Waals surface area contributed by atoms with E-state index in [0.29, 0.717) is 0 Å². The third-order valence-corrected chi connectivity index (χ3v) is 1.16. The standard InChI is InChI=1S/C4H8O.C3H6O3/c1-2-4-5-3-1;1-5-3(4)6-2/h1-4H2;1-2H3. The van der Waals surface area contributed by atoms with Gasteiger partial charge in [-0.1, -0.05) is 0 Å². The Morgan fingerprint density at radius 3 is 1.73 bits per heavy atom. The van der Waals surface area contributed by atoms with E-state index in [0.717, 1.165) is 13.2 Å². The molecule has 0 bridgehead atoms. The number of hydrogen-bond acceptors (Lipinski definition) is 4. The Labute approximate surface area is 66.4 Å². The van der Waals surface area contributed by atoms with Crippen molar-refractivity contribution in [3.8, 4) is 0 Å². The molecule has 0 aromatic carbocycles. The molecule has 11 heavy (non-hydrogen) atoms. The van der Waals surface area contributed by atoms with Crippen LogP contribution in [0.2, 0.25) is 0 Å². The average Bonchev–Trinajstić information content (AvgIpc) is 2.60. The second kappa shape index (κ2) is 7.34. The molecule has 0 amide bonds. The molecule has 0 aliphatic carbocycles. The summed E-state index contributed by atoms with van der Waals surface area (Å²) in [7, 11) is 2.51. The highest BCUT2D eigenvalue weighted by molar-refractivity contribution is 5.59. The summed E-state index contributed by atoms with van der Waals surface area (Å²) >= 11 is 0. The molecule has 4 nitrogen and oxygen atoms in total. The van der Waals surface area contributed by atoms with Crippen LogP contribution < -0.4 is 0 Å². The molecular formula is C7H14O4. The predicted molar refractivity (Wildman–Crippen MR) is 39.5 cm³/mol. The van der Waals surface area contributed by atoms with Crippen molar-refractivity contribution in [1.82, 2.24) is 0 Å². The fourth-order valence-electron chi connectivity index (χ4n) is 0.594. The molecule has 0 saturated carbocycles. The zero-order chi connectivity index (χ0) is 8.53. The lowest BCUT2D eigenvalue weighted by atomic mass is 10.4. The van der Waals surface area contributed by atoms with Gasteiger partial charge in [0.15, 0.2) is 0 Å². The van der Waals surface area contributed by atoms with Gasteiger partial charge in [0.1, 0.15) is 0 Å². The van der Waals surface area contributed by atoms with Crippen molar-refractivity contribution < 1.29 is 19.0 Å². The first-order valence-electron chi connectivity index (χ1n) is 3.51. The van der Waals surface area contributed by atoms with Crippen molar-refractivity contribution in [1.29, 1.82) is 0 Å². The fourth-order valence-corrected chi connectivity index (χ4v) is 0.594. The monoisotopic (exact) mass is 162 g/mol. The van der Waals surface area contributed by atoms with Crippen molar-refractivity contribution in [3.63, 3.8) is 0 Å². The molecule has 1 aliphatic rings. The summed E-state index contributed by atoms with van der Waals surface area (Å²) in [6, 6.07) is 0. The minimum absolute atomic E-state index is 0.657. The summed E-state index contributed by atoms with van der Waals surface area (Å²) in [5.74, 6) is 0. The predicted octanol–water partition coefficient (Wildman–Crippen LogP) is 1.20. The minimum Gasteiger partial charge on any atom is -0.438 e. The van der Waals surface area contributed by atoms with E-state index in [1.54, 1.807) is 0 Å². The molecule has 0 aromatic heterocycles. The SMILES string of the molecule is C1CCOC1.COC(=O)OC. The third-order valence-electron chi connectivity index (χ3n) is 1.16. The number of carbonyl (C=O) groups is 1. The van der Waals surface area contributed by atoms with Crippen molar-refractivity contribution in [2.45, 2.75) is 12.8 Å². The van der Waals surface area contributed by atoms with Crippen LogP contribution in [0, 0.1) is 0 Å². The highest BCUT2D eigenvalue weighted by Crippen LogP contribution is 1.98. The zero-order valence-corrected chi connectivity index (χ0v) is 6.96. The highest BCUT2D eigenvalue weighted by atomic mass is 16.7. The maximum Gasteiger partial charge on any atom is 0.507 e. The fraction of sp³-hybridized carbons (Fsp3) is 0.857. The molecule has 0 aromatic rings. The van der Waals surface area contributed by atoms with Crippen LogP contribution in [0.1, 0.15) is 12.8 Å². The first-order valence-corrected chi connectivity index (χ1v) is 3.51. The summed E-state index contributed by atoms with van der Waals surface area (Å²) in [5.41, 5.74) is 0. The number of rotatable bonds is 0. The molecule has 4 heteroatoms. The zero-order valence-electron chi connectivity index (χ0n) is 6.96. The van der Waals surface area contributed by atoms with Crippen LogP contribution >= 0.6 is 0 Å². The van der Waals surface area contributed by atoms with E-state index in [4.69, 9.17) is 4.74 Å². The Balaban J connectivity index is 0.000000183. The van der Waals surface area contributed by atoms with E-state index in [1.165, 1.54) is 27.1 Å². The van der Waals surface area contributed by atoms with Crippen LogP contribution in [0.4, 0.5) is 4.79 Å². The quantitative estimate of drug-likeness (QED) is 0.502. The van der Waals surface area contributed by atoms with Gasteiger partial charge in [0, 0.05) is 13.2 Å². The summed E-state index contributed by atoms with van der Waals surface area (Å²) < 4.78 is 13.0. The minimum atomic E-state index is -0.657. The Morgan fingerprint density at radius 1 is 1.18 bits per heavy atom. The molecule has 1 rings (SSSR count). The van der Waals surface area contributed by atoms with Gasteiger partial charge in [-0.3, -0.25) is 0 Å². The van der Waals surface area contributed by atoms with E-state index in [9.17, 15) is 4.79 Å². The van der Waals surface area contributed by atoms with Crippen molar-refractivity contribution in [2.75, 3.05) is 27.4 Å². The van der Waals surface area contributed by atoms with E-state index < -0.39 is 6.16 Å². The number of methoxy groups -OCH3 is 2. The molecule has 0 atom stereocenters. The lowest BCUT2D eigenvalue weighted by Gasteiger charge is -1.89. The molecule has 1 fully saturated rings. The van der Waals surface area contributed by atoms with Gasteiger partial charge < -0.3 is 14.2 Å². The lowest BCUT2D eigenvalue weighted by molar-refractivity contribution is 0.0924. The third kappa shape index (κ3) is 7.12. The maximum atomic E-state index is 9.74. The van der Waals surface area contributed by atoms with Gasteiger partial charge in [0.2, 0.25) is 0 Å². The van der Waals surface area contributed by atoms with Crippen LogP contribution in [-0.4, -0.2) is 33.6 Å². The van der Waals surface area contributed by atoms with Crippen molar-refractivity contribution >= 4 is 6.16 Å². The van der Waals surface area contributed by atoms with Gasteiger partial charge in [-0.25, -0.2) is 4.79 Å². The summed E-state index contributed by atoms with van der Waals surface area (Å²) in [4.78, 5) is 9.74. The molecule has 0 spiro atoms. The second-order valence-corrected chi connectivity index (χ2v) is 1.98. The number of hydrogen-bond donors (Lipinski definition) is 0. The molecule has 1 heterocycles. The normalized spacial score (nSPS) is 14.7. The van der Waals surface area contributed by atoms with Gasteiger partial charge in [-0.2, -0.15) is 0 Å². The Morgan fingerprint density at radius 2 is 1.64 bits per heavy atom. The molecule has 0 radical (unpaired) electrons. The van der Waals surface area contributed by atoms with Gasteiger partial charge in [0.05, 0.1) is 14.2 Å². The topological polar surface area (TPSA) is 44.8 Å². The van der Waals surface area contributed by atoms with E-state index >= 15 is 0 Å².